The summed E-state index contributed by atoms with van der Waals surface area (Å²) in [5.41, 5.74) is 7.20. The first-order valence-corrected chi connectivity index (χ1v) is 4.86. The molecule has 2 rings (SSSR count). The second-order valence-corrected chi connectivity index (χ2v) is 3.76. The van der Waals surface area contributed by atoms with E-state index in [9.17, 15) is 0 Å². The van der Waals surface area contributed by atoms with Crippen LogP contribution in [0.5, 0.6) is 0 Å². The van der Waals surface area contributed by atoms with E-state index in [-0.39, 0.29) is 6.61 Å². The van der Waals surface area contributed by atoms with Gasteiger partial charge in [0.1, 0.15) is 6.33 Å². The summed E-state index contributed by atoms with van der Waals surface area (Å²) in [6.07, 6.45) is 4.93. The van der Waals surface area contributed by atoms with Crippen LogP contribution in [0.4, 0.5) is 0 Å². The van der Waals surface area contributed by atoms with E-state index in [4.69, 9.17) is 10.8 Å². The molecule has 1 atom stereocenters. The van der Waals surface area contributed by atoms with Gasteiger partial charge in [0.2, 0.25) is 0 Å². The number of imidazole rings is 1. The lowest BCUT2D eigenvalue weighted by Crippen LogP contribution is -2.16. The van der Waals surface area contributed by atoms with Crippen molar-refractivity contribution in [1.82, 2.24) is 14.4 Å². The highest BCUT2D eigenvalue weighted by atomic mass is 79.9. The standard InChI is InChI=1S/C8H9BrN4O/c9-5-1-11-4-13-7(6(10)3-14)2-12-8(5)13/h1-2,4,6,14H,3,10H2. The van der Waals surface area contributed by atoms with Crippen molar-refractivity contribution in [2.24, 2.45) is 5.73 Å². The highest BCUT2D eigenvalue weighted by Crippen LogP contribution is 2.18. The molecule has 0 bridgehead atoms. The predicted octanol–water partition coefficient (Wildman–Crippen LogP) is 0.484. The Balaban J connectivity index is 2.63. The third-order valence-electron chi connectivity index (χ3n) is 1.99. The largest absolute Gasteiger partial charge is 0.394 e. The van der Waals surface area contributed by atoms with Crippen LogP contribution in [0.25, 0.3) is 5.65 Å². The van der Waals surface area contributed by atoms with Crippen LogP contribution in [0.2, 0.25) is 0 Å². The van der Waals surface area contributed by atoms with Gasteiger partial charge in [-0.05, 0) is 15.9 Å². The summed E-state index contributed by atoms with van der Waals surface area (Å²) in [5, 5.41) is 8.94. The summed E-state index contributed by atoms with van der Waals surface area (Å²) in [5.74, 6) is 0. The van der Waals surface area contributed by atoms with Crippen LogP contribution in [-0.2, 0) is 0 Å². The minimum atomic E-state index is -0.430. The van der Waals surface area contributed by atoms with Crippen LogP contribution in [-0.4, -0.2) is 26.1 Å². The van der Waals surface area contributed by atoms with Crippen LogP contribution in [0.15, 0.2) is 23.2 Å². The number of hydrogen-bond donors (Lipinski definition) is 2. The minimum Gasteiger partial charge on any atom is -0.394 e. The lowest BCUT2D eigenvalue weighted by atomic mass is 10.2. The van der Waals surface area contributed by atoms with Gasteiger partial charge in [-0.15, -0.1) is 0 Å². The second-order valence-electron chi connectivity index (χ2n) is 2.91. The second kappa shape index (κ2) is 3.64. The smallest absolute Gasteiger partial charge is 0.154 e. The Morgan fingerprint density at radius 2 is 2.36 bits per heavy atom. The van der Waals surface area contributed by atoms with Gasteiger partial charge in [0, 0.05) is 6.20 Å². The molecule has 0 fully saturated rings. The zero-order chi connectivity index (χ0) is 10.1. The number of nitrogens with two attached hydrogens (primary N) is 1. The molecule has 2 aromatic rings. The van der Waals surface area contributed by atoms with E-state index in [0.29, 0.717) is 0 Å². The van der Waals surface area contributed by atoms with Gasteiger partial charge < -0.3 is 10.8 Å². The molecule has 0 aliphatic rings. The summed E-state index contributed by atoms with van der Waals surface area (Å²) < 4.78 is 2.56. The van der Waals surface area contributed by atoms with Gasteiger partial charge >= 0.3 is 0 Å². The lowest BCUT2D eigenvalue weighted by molar-refractivity contribution is 0.265. The van der Waals surface area contributed by atoms with E-state index in [1.807, 2.05) is 0 Å². The van der Waals surface area contributed by atoms with Gasteiger partial charge in [0.25, 0.3) is 0 Å². The number of aromatic nitrogens is 3. The number of nitrogens with zero attached hydrogens (tertiary/aromatic N) is 3. The topological polar surface area (TPSA) is 76.4 Å². The molecular formula is C8H9BrN4O. The van der Waals surface area contributed by atoms with Crippen LogP contribution >= 0.6 is 15.9 Å². The Morgan fingerprint density at radius 1 is 1.57 bits per heavy atom. The Hall–Kier alpha value is -0.980. The SMILES string of the molecule is NC(CO)c1cnc2c(Br)cncn12. The molecule has 0 amide bonds. The number of halogens is 1. The van der Waals surface area contributed by atoms with Crippen LogP contribution < -0.4 is 5.73 Å². The van der Waals surface area contributed by atoms with E-state index >= 15 is 0 Å². The first kappa shape index (κ1) is 9.57. The van der Waals surface area contributed by atoms with Gasteiger partial charge in [-0.1, -0.05) is 0 Å². The number of rotatable bonds is 2. The maximum atomic E-state index is 8.94. The Kier molecular flexibility index (Phi) is 2.49. The van der Waals surface area contributed by atoms with Gasteiger partial charge in [0.05, 0.1) is 29.0 Å². The fraction of sp³-hybridized carbons (Fsp3) is 0.250. The van der Waals surface area contributed by atoms with Crippen molar-refractivity contribution >= 4 is 21.6 Å². The molecule has 0 radical (unpaired) electrons. The number of aliphatic hydroxyl groups excluding tert-OH is 1. The Morgan fingerprint density at radius 3 is 3.07 bits per heavy atom. The summed E-state index contributed by atoms with van der Waals surface area (Å²) in [4.78, 5) is 8.17. The average molecular weight is 257 g/mol. The van der Waals surface area contributed by atoms with Gasteiger partial charge in [-0.2, -0.15) is 0 Å². The summed E-state index contributed by atoms with van der Waals surface area (Å²) in [6.45, 7) is -0.111. The van der Waals surface area contributed by atoms with Gasteiger partial charge in [-0.25, -0.2) is 9.97 Å². The third-order valence-corrected chi connectivity index (χ3v) is 2.55. The van der Waals surface area contributed by atoms with Crippen molar-refractivity contribution in [1.29, 1.82) is 0 Å². The molecule has 14 heavy (non-hydrogen) atoms. The zero-order valence-electron chi connectivity index (χ0n) is 7.26. The Labute approximate surface area is 88.7 Å². The minimum absolute atomic E-state index is 0.111. The molecule has 0 aliphatic heterocycles. The van der Waals surface area contributed by atoms with Crippen molar-refractivity contribution in [3.05, 3.63) is 28.9 Å². The van der Waals surface area contributed by atoms with Crippen LogP contribution in [0.3, 0.4) is 0 Å². The molecule has 2 aromatic heterocycles. The van der Waals surface area contributed by atoms with Crippen molar-refractivity contribution in [3.63, 3.8) is 0 Å². The molecular weight excluding hydrogens is 248 g/mol. The molecule has 0 saturated carbocycles. The van der Waals surface area contributed by atoms with Gasteiger partial charge in [-0.3, -0.25) is 4.40 Å². The molecule has 6 heteroatoms. The maximum Gasteiger partial charge on any atom is 0.154 e. The zero-order valence-corrected chi connectivity index (χ0v) is 8.85. The quantitative estimate of drug-likeness (QED) is 0.820. The molecule has 0 aromatic carbocycles. The van der Waals surface area contributed by atoms with E-state index in [1.54, 1.807) is 23.1 Å². The van der Waals surface area contributed by atoms with E-state index in [0.717, 1.165) is 15.8 Å². The fourth-order valence-corrected chi connectivity index (χ4v) is 1.67. The molecule has 3 N–H and O–H groups in total. The molecule has 0 aliphatic carbocycles. The highest BCUT2D eigenvalue weighted by Gasteiger charge is 2.11. The predicted molar refractivity (Wildman–Crippen MR) is 54.7 cm³/mol. The highest BCUT2D eigenvalue weighted by molar-refractivity contribution is 9.10. The first-order chi connectivity index (χ1) is 6.74. The maximum absolute atomic E-state index is 8.94. The normalized spacial score (nSPS) is 13.4. The molecule has 0 spiro atoms. The summed E-state index contributed by atoms with van der Waals surface area (Å²) in [7, 11) is 0. The lowest BCUT2D eigenvalue weighted by Gasteiger charge is -2.06. The van der Waals surface area contributed by atoms with E-state index in [1.165, 1.54) is 0 Å². The van der Waals surface area contributed by atoms with Gasteiger partial charge in [0.15, 0.2) is 5.65 Å². The third kappa shape index (κ3) is 1.41. The molecule has 5 nitrogen and oxygen atoms in total. The van der Waals surface area contributed by atoms with Crippen LogP contribution in [0, 0.1) is 0 Å². The first-order valence-electron chi connectivity index (χ1n) is 4.07. The summed E-state index contributed by atoms with van der Waals surface area (Å²) in [6, 6.07) is -0.430. The molecule has 74 valence electrons. The van der Waals surface area contributed by atoms with Crippen molar-refractivity contribution in [2.75, 3.05) is 6.61 Å². The van der Waals surface area contributed by atoms with Crippen molar-refractivity contribution in [3.8, 4) is 0 Å². The number of fused-ring (bicyclic) bond motifs is 1. The Bertz CT molecular complexity index is 456. The molecule has 0 saturated heterocycles. The fourth-order valence-electron chi connectivity index (χ4n) is 1.26. The average Bonchev–Trinajstić information content (AvgIpc) is 2.62. The van der Waals surface area contributed by atoms with Crippen LogP contribution in [0.1, 0.15) is 11.7 Å². The number of hydrogen-bond acceptors (Lipinski definition) is 4. The van der Waals surface area contributed by atoms with E-state index in [2.05, 4.69) is 25.9 Å². The molecule has 2 heterocycles. The monoisotopic (exact) mass is 256 g/mol. The van der Waals surface area contributed by atoms with Crippen molar-refractivity contribution < 1.29 is 5.11 Å². The molecule has 1 unspecified atom stereocenters. The van der Waals surface area contributed by atoms with Crippen molar-refractivity contribution in [2.45, 2.75) is 6.04 Å². The van der Waals surface area contributed by atoms with E-state index < -0.39 is 6.04 Å². The summed E-state index contributed by atoms with van der Waals surface area (Å²) >= 11 is 3.33. The number of aliphatic hydroxyl groups is 1.